The Morgan fingerprint density at radius 1 is 0.750 bits per heavy atom. The summed E-state index contributed by atoms with van der Waals surface area (Å²) in [5, 5.41) is 0. The molecule has 0 aromatic rings. The third-order valence-electron chi connectivity index (χ3n) is 4.99. The third kappa shape index (κ3) is 0.409. The lowest BCUT2D eigenvalue weighted by molar-refractivity contribution is 0.162. The van der Waals surface area contributed by atoms with Crippen LogP contribution in [0.5, 0.6) is 0 Å². The standard InChI is InChI=1S/C10H12O2/c1-4-3-2-6-10(11-6)7(3)5(1)9-8(4)12-9/h3-10H,1-2H2/t3-,4+,5+,6+,7+,8+,9+,10-/m0/s1. The summed E-state index contributed by atoms with van der Waals surface area (Å²) in [6.07, 6.45) is 5.58. The zero-order valence-electron chi connectivity index (χ0n) is 6.85. The van der Waals surface area contributed by atoms with Gasteiger partial charge in [0.2, 0.25) is 0 Å². The van der Waals surface area contributed by atoms with Crippen LogP contribution in [0.15, 0.2) is 0 Å². The lowest BCUT2D eigenvalue weighted by Gasteiger charge is -2.22. The van der Waals surface area contributed by atoms with Crippen LogP contribution < -0.4 is 0 Å². The molecule has 2 saturated heterocycles. The van der Waals surface area contributed by atoms with Crippen LogP contribution in [0.25, 0.3) is 0 Å². The van der Waals surface area contributed by atoms with Gasteiger partial charge in [-0.3, -0.25) is 0 Å². The van der Waals surface area contributed by atoms with Crippen molar-refractivity contribution in [1.29, 1.82) is 0 Å². The molecule has 8 atom stereocenters. The number of rotatable bonds is 0. The summed E-state index contributed by atoms with van der Waals surface area (Å²) in [5.41, 5.74) is 0. The third-order valence-corrected chi connectivity index (χ3v) is 4.99. The van der Waals surface area contributed by atoms with E-state index in [1.54, 1.807) is 0 Å². The minimum absolute atomic E-state index is 0.676. The summed E-state index contributed by atoms with van der Waals surface area (Å²) in [5.74, 6) is 3.77. The quantitative estimate of drug-likeness (QED) is 0.495. The Morgan fingerprint density at radius 3 is 2.67 bits per heavy atom. The highest BCUT2D eigenvalue weighted by molar-refractivity contribution is 5.21. The summed E-state index contributed by atoms with van der Waals surface area (Å²) in [4.78, 5) is 0. The Hall–Kier alpha value is -0.0800. The van der Waals surface area contributed by atoms with Gasteiger partial charge in [-0.15, -0.1) is 0 Å². The van der Waals surface area contributed by atoms with Gasteiger partial charge in [0, 0.05) is 0 Å². The Bertz CT molecular complexity index is 273. The first-order valence-electron chi connectivity index (χ1n) is 5.24. The molecule has 12 heavy (non-hydrogen) atoms. The summed E-state index contributed by atoms with van der Waals surface area (Å²) in [6.45, 7) is 0. The van der Waals surface area contributed by atoms with Crippen molar-refractivity contribution in [3.05, 3.63) is 0 Å². The molecule has 0 unspecified atom stereocenters. The molecule has 64 valence electrons. The lowest BCUT2D eigenvalue weighted by atomic mass is 9.81. The Labute approximate surface area is 71.2 Å². The minimum atomic E-state index is 0.676. The van der Waals surface area contributed by atoms with Crippen molar-refractivity contribution in [3.63, 3.8) is 0 Å². The van der Waals surface area contributed by atoms with Crippen LogP contribution in [0.3, 0.4) is 0 Å². The van der Waals surface area contributed by atoms with E-state index in [2.05, 4.69) is 0 Å². The fourth-order valence-corrected chi connectivity index (χ4v) is 4.58. The molecule has 0 spiro atoms. The average molecular weight is 164 g/mol. The van der Waals surface area contributed by atoms with Crippen LogP contribution in [0, 0.1) is 23.7 Å². The van der Waals surface area contributed by atoms with Crippen molar-refractivity contribution < 1.29 is 9.47 Å². The summed E-state index contributed by atoms with van der Waals surface area (Å²) in [6, 6.07) is 0. The molecule has 0 radical (unpaired) electrons. The highest BCUT2D eigenvalue weighted by Crippen LogP contribution is 2.69. The van der Waals surface area contributed by atoms with Crippen molar-refractivity contribution in [2.45, 2.75) is 37.3 Å². The normalized spacial score (nSPS) is 80.0. The van der Waals surface area contributed by atoms with E-state index in [1.807, 2.05) is 0 Å². The molecule has 2 bridgehead atoms. The van der Waals surface area contributed by atoms with E-state index in [-0.39, 0.29) is 0 Å². The van der Waals surface area contributed by atoms with E-state index in [1.165, 1.54) is 12.8 Å². The highest BCUT2D eigenvalue weighted by Gasteiger charge is 2.74. The van der Waals surface area contributed by atoms with Crippen molar-refractivity contribution in [2.75, 3.05) is 0 Å². The van der Waals surface area contributed by atoms with Crippen LogP contribution >= 0.6 is 0 Å². The van der Waals surface area contributed by atoms with E-state index in [9.17, 15) is 0 Å². The van der Waals surface area contributed by atoms with Crippen LogP contribution in [0.1, 0.15) is 12.8 Å². The lowest BCUT2D eigenvalue weighted by Crippen LogP contribution is -2.27. The first kappa shape index (κ1) is 5.61. The van der Waals surface area contributed by atoms with Crippen LogP contribution in [-0.4, -0.2) is 24.4 Å². The van der Waals surface area contributed by atoms with Crippen molar-refractivity contribution in [2.24, 2.45) is 23.7 Å². The Balaban J connectivity index is 1.66. The molecule has 2 aliphatic heterocycles. The zero-order valence-corrected chi connectivity index (χ0v) is 6.85. The second-order valence-electron chi connectivity index (χ2n) is 5.24. The number of ether oxygens (including phenoxy) is 2. The van der Waals surface area contributed by atoms with E-state index in [4.69, 9.17) is 9.47 Å². The van der Waals surface area contributed by atoms with E-state index in [0.29, 0.717) is 24.4 Å². The maximum atomic E-state index is 5.69. The maximum Gasteiger partial charge on any atom is 0.0876 e. The van der Waals surface area contributed by atoms with Gasteiger partial charge in [0.15, 0.2) is 0 Å². The average Bonchev–Trinajstić information content (AvgIpc) is 2.92. The fraction of sp³-hybridized carbons (Fsp3) is 1.00. The molecule has 0 amide bonds. The SMILES string of the molecule is C1[C@@H]2[C@@H]3C[C@H]4O[C@@H]4[C@H]3[C@@H]1[C@H]1O[C@H]21. The van der Waals surface area contributed by atoms with Gasteiger partial charge in [0.1, 0.15) is 0 Å². The van der Waals surface area contributed by atoms with Gasteiger partial charge in [-0.05, 0) is 36.5 Å². The topological polar surface area (TPSA) is 25.1 Å². The molecular formula is C10H12O2. The van der Waals surface area contributed by atoms with Gasteiger partial charge < -0.3 is 9.47 Å². The predicted molar refractivity (Wildman–Crippen MR) is 40.5 cm³/mol. The van der Waals surface area contributed by atoms with Crippen molar-refractivity contribution in [3.8, 4) is 0 Å². The van der Waals surface area contributed by atoms with Crippen LogP contribution in [0.2, 0.25) is 0 Å². The summed E-state index contributed by atoms with van der Waals surface area (Å²) >= 11 is 0. The van der Waals surface area contributed by atoms with E-state index >= 15 is 0 Å². The second kappa shape index (κ2) is 1.38. The van der Waals surface area contributed by atoms with Crippen LogP contribution in [-0.2, 0) is 9.47 Å². The largest absolute Gasteiger partial charge is 0.369 e. The Morgan fingerprint density at radius 2 is 1.67 bits per heavy atom. The van der Waals surface area contributed by atoms with E-state index < -0.39 is 0 Å². The van der Waals surface area contributed by atoms with Crippen molar-refractivity contribution in [1.82, 2.24) is 0 Å². The second-order valence-corrected chi connectivity index (χ2v) is 5.24. The van der Waals surface area contributed by atoms with Gasteiger partial charge >= 0.3 is 0 Å². The number of epoxide rings is 2. The molecule has 0 aromatic carbocycles. The monoisotopic (exact) mass is 164 g/mol. The van der Waals surface area contributed by atoms with Crippen LogP contribution in [0.4, 0.5) is 0 Å². The molecule has 5 rings (SSSR count). The Kier molecular flexibility index (Phi) is 0.644. The number of hydrogen-bond donors (Lipinski definition) is 0. The molecule has 5 aliphatic rings. The molecule has 5 fully saturated rings. The minimum Gasteiger partial charge on any atom is -0.369 e. The maximum absolute atomic E-state index is 5.69. The molecule has 2 heterocycles. The number of fused-ring (bicyclic) bond motifs is 10. The first-order valence-corrected chi connectivity index (χ1v) is 5.24. The summed E-state index contributed by atoms with van der Waals surface area (Å²) in [7, 11) is 0. The van der Waals surface area contributed by atoms with Gasteiger partial charge in [0.25, 0.3) is 0 Å². The molecule has 0 N–H and O–H groups in total. The molecular weight excluding hydrogens is 152 g/mol. The molecule has 3 saturated carbocycles. The van der Waals surface area contributed by atoms with Gasteiger partial charge in [0.05, 0.1) is 24.4 Å². The van der Waals surface area contributed by atoms with Gasteiger partial charge in [-0.25, -0.2) is 0 Å². The number of hydrogen-bond acceptors (Lipinski definition) is 2. The smallest absolute Gasteiger partial charge is 0.0876 e. The van der Waals surface area contributed by atoms with Gasteiger partial charge in [-0.1, -0.05) is 0 Å². The molecule has 2 nitrogen and oxygen atoms in total. The van der Waals surface area contributed by atoms with Gasteiger partial charge in [-0.2, -0.15) is 0 Å². The van der Waals surface area contributed by atoms with E-state index in [0.717, 1.165) is 23.7 Å². The first-order chi connectivity index (χ1) is 5.93. The highest BCUT2D eigenvalue weighted by atomic mass is 16.6. The molecule has 2 heteroatoms. The zero-order chi connectivity index (χ0) is 7.45. The molecule has 0 aromatic heterocycles. The predicted octanol–water partition coefficient (Wildman–Crippen LogP) is 0.807. The molecule has 3 aliphatic carbocycles. The van der Waals surface area contributed by atoms with Crippen molar-refractivity contribution >= 4 is 0 Å². The fourth-order valence-electron chi connectivity index (χ4n) is 4.58. The summed E-state index contributed by atoms with van der Waals surface area (Å²) < 4.78 is 11.3.